The van der Waals surface area contributed by atoms with Gasteiger partial charge in [-0.3, -0.25) is 9.59 Å². The van der Waals surface area contributed by atoms with E-state index in [0.29, 0.717) is 17.1 Å². The zero-order valence-corrected chi connectivity index (χ0v) is 14.3. The van der Waals surface area contributed by atoms with Crippen molar-refractivity contribution in [3.63, 3.8) is 0 Å². The van der Waals surface area contributed by atoms with E-state index in [9.17, 15) is 14.4 Å². The average Bonchev–Trinajstić information content (AvgIpc) is 3.06. The number of benzene rings is 2. The molecule has 0 bridgehead atoms. The largest absolute Gasteiger partial charge is 0.454 e. The molecule has 0 unspecified atom stereocenters. The minimum Gasteiger partial charge on any atom is -0.454 e. The number of anilines is 1. The van der Waals surface area contributed by atoms with Gasteiger partial charge in [-0.25, -0.2) is 4.79 Å². The van der Waals surface area contributed by atoms with Gasteiger partial charge in [0.2, 0.25) is 6.79 Å². The highest BCUT2D eigenvalue weighted by atomic mass is 16.7. The molecule has 2 aromatic rings. The summed E-state index contributed by atoms with van der Waals surface area (Å²) in [6, 6.07) is 9.90. The summed E-state index contributed by atoms with van der Waals surface area (Å²) in [5, 5.41) is 2.57. The summed E-state index contributed by atoms with van der Waals surface area (Å²) in [7, 11) is 0. The number of fused-ring (bicyclic) bond motifs is 1. The number of carbonyl (C=O) groups is 3. The van der Waals surface area contributed by atoms with Crippen molar-refractivity contribution in [2.45, 2.75) is 13.8 Å². The Morgan fingerprint density at radius 1 is 1.12 bits per heavy atom. The molecular formula is C19H17NO6. The van der Waals surface area contributed by atoms with Gasteiger partial charge in [0.05, 0.1) is 11.3 Å². The van der Waals surface area contributed by atoms with E-state index in [-0.39, 0.29) is 23.8 Å². The van der Waals surface area contributed by atoms with Crippen LogP contribution in [0, 0.1) is 6.92 Å². The predicted octanol–water partition coefficient (Wildman–Crippen LogP) is 2.72. The minimum atomic E-state index is -0.596. The third kappa shape index (κ3) is 3.83. The smallest absolute Gasteiger partial charge is 0.338 e. The third-order valence-corrected chi connectivity index (χ3v) is 3.75. The fraction of sp³-hybridized carbons (Fsp3) is 0.211. The van der Waals surface area contributed by atoms with Crippen LogP contribution in [0.3, 0.4) is 0 Å². The van der Waals surface area contributed by atoms with Gasteiger partial charge < -0.3 is 19.5 Å². The lowest BCUT2D eigenvalue weighted by molar-refractivity contribution is -0.119. The topological polar surface area (TPSA) is 90.9 Å². The van der Waals surface area contributed by atoms with Crippen LogP contribution >= 0.6 is 0 Å². The summed E-state index contributed by atoms with van der Waals surface area (Å²) >= 11 is 0. The first-order valence-electron chi connectivity index (χ1n) is 7.92. The molecule has 1 aliphatic heterocycles. The molecule has 1 N–H and O–H groups in total. The Bertz CT molecular complexity index is 890. The highest BCUT2D eigenvalue weighted by Crippen LogP contribution is 2.37. The number of rotatable bonds is 5. The molecule has 7 heteroatoms. The standard InChI is InChI=1S/C19H17NO6/c1-11-4-3-5-13(6-11)19(23)24-9-18(22)20-15-8-17-16(25-10-26-17)7-14(15)12(2)21/h3-8H,9-10H2,1-2H3,(H,20,22). The molecule has 1 aliphatic rings. The Morgan fingerprint density at radius 3 is 2.54 bits per heavy atom. The number of ketones is 1. The molecule has 0 radical (unpaired) electrons. The molecule has 0 spiro atoms. The molecule has 7 nitrogen and oxygen atoms in total. The SMILES string of the molecule is CC(=O)c1cc2c(cc1NC(=O)COC(=O)c1cccc(C)c1)OCO2. The van der Waals surface area contributed by atoms with E-state index in [1.807, 2.05) is 13.0 Å². The van der Waals surface area contributed by atoms with E-state index in [2.05, 4.69) is 5.32 Å². The van der Waals surface area contributed by atoms with Crippen LogP contribution in [0.5, 0.6) is 11.5 Å². The van der Waals surface area contributed by atoms with Crippen LogP contribution in [0.1, 0.15) is 33.2 Å². The van der Waals surface area contributed by atoms with Crippen molar-refractivity contribution >= 4 is 23.3 Å². The maximum absolute atomic E-state index is 12.1. The number of Topliss-reactive ketones (excluding diaryl/α,β-unsaturated/α-hetero) is 1. The van der Waals surface area contributed by atoms with Crippen LogP contribution in [0.4, 0.5) is 5.69 Å². The van der Waals surface area contributed by atoms with Crippen molar-refractivity contribution in [3.05, 3.63) is 53.1 Å². The summed E-state index contributed by atoms with van der Waals surface area (Å²) in [6.07, 6.45) is 0. The van der Waals surface area contributed by atoms with Gasteiger partial charge in [0, 0.05) is 11.6 Å². The number of ether oxygens (including phenoxy) is 3. The molecule has 26 heavy (non-hydrogen) atoms. The molecule has 0 saturated carbocycles. The van der Waals surface area contributed by atoms with Crippen LogP contribution in [-0.4, -0.2) is 31.1 Å². The summed E-state index contributed by atoms with van der Waals surface area (Å²) in [5.74, 6) is -0.523. The van der Waals surface area contributed by atoms with Crippen LogP contribution in [0.25, 0.3) is 0 Å². The Balaban J connectivity index is 1.67. The molecule has 0 atom stereocenters. The number of aryl methyl sites for hydroxylation is 1. The van der Waals surface area contributed by atoms with Crippen molar-refractivity contribution in [3.8, 4) is 11.5 Å². The number of carbonyl (C=O) groups excluding carboxylic acids is 3. The number of hydrogen-bond acceptors (Lipinski definition) is 6. The fourth-order valence-corrected chi connectivity index (χ4v) is 2.51. The fourth-order valence-electron chi connectivity index (χ4n) is 2.51. The number of hydrogen-bond donors (Lipinski definition) is 1. The van der Waals surface area contributed by atoms with E-state index in [4.69, 9.17) is 14.2 Å². The predicted molar refractivity (Wildman–Crippen MR) is 92.7 cm³/mol. The molecule has 1 amide bonds. The van der Waals surface area contributed by atoms with Gasteiger partial charge >= 0.3 is 5.97 Å². The first-order valence-corrected chi connectivity index (χ1v) is 7.92. The van der Waals surface area contributed by atoms with Gasteiger partial charge in [0.1, 0.15) is 0 Å². The Kier molecular flexibility index (Phi) is 4.88. The highest BCUT2D eigenvalue weighted by Gasteiger charge is 2.20. The molecule has 0 saturated heterocycles. The van der Waals surface area contributed by atoms with Gasteiger partial charge in [-0.1, -0.05) is 17.7 Å². The zero-order chi connectivity index (χ0) is 18.7. The lowest BCUT2D eigenvalue weighted by atomic mass is 10.1. The Hall–Kier alpha value is -3.35. The van der Waals surface area contributed by atoms with E-state index in [1.54, 1.807) is 18.2 Å². The minimum absolute atomic E-state index is 0.0538. The van der Waals surface area contributed by atoms with Crippen LogP contribution in [0.2, 0.25) is 0 Å². The molecule has 134 valence electrons. The van der Waals surface area contributed by atoms with Gasteiger partial charge in [-0.2, -0.15) is 0 Å². The Morgan fingerprint density at radius 2 is 1.85 bits per heavy atom. The van der Waals surface area contributed by atoms with Gasteiger partial charge in [0.15, 0.2) is 23.9 Å². The molecule has 2 aromatic carbocycles. The highest BCUT2D eigenvalue weighted by molar-refractivity contribution is 6.05. The van der Waals surface area contributed by atoms with Crippen molar-refractivity contribution < 1.29 is 28.6 Å². The molecule has 3 rings (SSSR count). The monoisotopic (exact) mass is 355 g/mol. The van der Waals surface area contributed by atoms with Crippen LogP contribution in [-0.2, 0) is 9.53 Å². The summed E-state index contributed by atoms with van der Waals surface area (Å²) in [6.45, 7) is 2.81. The van der Waals surface area contributed by atoms with E-state index < -0.39 is 18.5 Å². The normalized spacial score (nSPS) is 11.8. The van der Waals surface area contributed by atoms with Crippen molar-refractivity contribution in [1.82, 2.24) is 0 Å². The average molecular weight is 355 g/mol. The molecule has 0 aliphatic carbocycles. The van der Waals surface area contributed by atoms with Crippen LogP contribution in [0.15, 0.2) is 36.4 Å². The second-order valence-corrected chi connectivity index (χ2v) is 5.80. The van der Waals surface area contributed by atoms with Crippen molar-refractivity contribution in [1.29, 1.82) is 0 Å². The van der Waals surface area contributed by atoms with Gasteiger partial charge in [-0.15, -0.1) is 0 Å². The molecule has 1 heterocycles. The maximum atomic E-state index is 12.1. The van der Waals surface area contributed by atoms with E-state index in [0.717, 1.165) is 5.56 Å². The lowest BCUT2D eigenvalue weighted by Crippen LogP contribution is -2.22. The zero-order valence-electron chi connectivity index (χ0n) is 14.3. The second-order valence-electron chi connectivity index (χ2n) is 5.80. The van der Waals surface area contributed by atoms with E-state index in [1.165, 1.54) is 19.1 Å². The molecule has 0 aromatic heterocycles. The number of nitrogens with one attached hydrogen (secondary N) is 1. The van der Waals surface area contributed by atoms with Crippen LogP contribution < -0.4 is 14.8 Å². The number of amides is 1. The first-order chi connectivity index (χ1) is 12.4. The third-order valence-electron chi connectivity index (χ3n) is 3.75. The quantitative estimate of drug-likeness (QED) is 0.655. The van der Waals surface area contributed by atoms with Crippen molar-refractivity contribution in [2.75, 3.05) is 18.7 Å². The van der Waals surface area contributed by atoms with Crippen molar-refractivity contribution in [2.24, 2.45) is 0 Å². The van der Waals surface area contributed by atoms with Gasteiger partial charge in [0.25, 0.3) is 5.91 Å². The maximum Gasteiger partial charge on any atom is 0.338 e. The number of esters is 1. The van der Waals surface area contributed by atoms with Gasteiger partial charge in [-0.05, 0) is 32.0 Å². The summed E-state index contributed by atoms with van der Waals surface area (Å²) in [5.41, 5.74) is 1.84. The summed E-state index contributed by atoms with van der Waals surface area (Å²) < 4.78 is 15.5. The lowest BCUT2D eigenvalue weighted by Gasteiger charge is -2.11. The summed E-state index contributed by atoms with van der Waals surface area (Å²) in [4.78, 5) is 35.9. The van der Waals surface area contributed by atoms with E-state index >= 15 is 0 Å². The first kappa shape index (κ1) is 17.5. The Labute approximate surface area is 149 Å². The molecular weight excluding hydrogens is 338 g/mol. The molecule has 0 fully saturated rings. The second kappa shape index (κ2) is 7.26.